The highest BCUT2D eigenvalue weighted by Gasteiger charge is 2.05. The molecule has 0 saturated carbocycles. The molecule has 0 atom stereocenters. The van der Waals surface area contributed by atoms with Crippen LogP contribution >= 0.6 is 23.2 Å². The Kier molecular flexibility index (Phi) is 5.53. The first-order valence-corrected chi connectivity index (χ1v) is 8.26. The number of hydrogen-bond acceptors (Lipinski definition) is 3. The molecule has 6 nitrogen and oxygen atoms in total. The molecular weight excluding hydrogens is 361 g/mol. The third kappa shape index (κ3) is 4.95. The molecule has 0 bridgehead atoms. The van der Waals surface area contributed by atoms with Crippen LogP contribution in [0.3, 0.4) is 0 Å². The number of urea groups is 1. The van der Waals surface area contributed by atoms with Gasteiger partial charge in [0, 0.05) is 12.2 Å². The standard InChI is InChI=1S/C17H15Cl2N5O/c18-15-5-4-14(7-16(15)19)23-17(25)21-8-12-2-1-3-13(6-12)9-24-11-20-10-22-24/h1-7,10-11H,8-9H2,(H2,21,23,25). The molecule has 0 aliphatic heterocycles. The van der Waals surface area contributed by atoms with Crippen LogP contribution in [-0.4, -0.2) is 20.8 Å². The summed E-state index contributed by atoms with van der Waals surface area (Å²) in [5, 5.41) is 10.4. The van der Waals surface area contributed by atoms with Crippen molar-refractivity contribution in [3.63, 3.8) is 0 Å². The summed E-state index contributed by atoms with van der Waals surface area (Å²) < 4.78 is 1.74. The minimum Gasteiger partial charge on any atom is -0.334 e. The van der Waals surface area contributed by atoms with Gasteiger partial charge < -0.3 is 10.6 Å². The molecule has 2 N–H and O–H groups in total. The summed E-state index contributed by atoms with van der Waals surface area (Å²) in [6, 6.07) is 12.5. The molecule has 0 radical (unpaired) electrons. The first kappa shape index (κ1) is 17.3. The molecule has 3 rings (SSSR count). The second kappa shape index (κ2) is 8.00. The van der Waals surface area contributed by atoms with E-state index in [1.807, 2.05) is 24.3 Å². The van der Waals surface area contributed by atoms with Gasteiger partial charge in [-0.2, -0.15) is 5.10 Å². The van der Waals surface area contributed by atoms with Crippen LogP contribution in [0.4, 0.5) is 10.5 Å². The zero-order valence-electron chi connectivity index (χ0n) is 13.1. The monoisotopic (exact) mass is 375 g/mol. The fourth-order valence-electron chi connectivity index (χ4n) is 2.27. The summed E-state index contributed by atoms with van der Waals surface area (Å²) in [5.74, 6) is 0. The van der Waals surface area contributed by atoms with E-state index in [0.29, 0.717) is 28.8 Å². The molecule has 3 aromatic rings. The van der Waals surface area contributed by atoms with Crippen molar-refractivity contribution in [2.45, 2.75) is 13.1 Å². The van der Waals surface area contributed by atoms with Crippen LogP contribution in [0.2, 0.25) is 10.0 Å². The Bertz CT molecular complexity index is 867. The van der Waals surface area contributed by atoms with Crippen molar-refractivity contribution in [2.75, 3.05) is 5.32 Å². The van der Waals surface area contributed by atoms with Gasteiger partial charge in [-0.3, -0.25) is 0 Å². The second-order valence-electron chi connectivity index (χ2n) is 5.35. The molecular formula is C17H15Cl2N5O. The van der Waals surface area contributed by atoms with Crippen LogP contribution in [0.5, 0.6) is 0 Å². The Morgan fingerprint density at radius 2 is 1.92 bits per heavy atom. The third-order valence-corrected chi connectivity index (χ3v) is 4.17. The van der Waals surface area contributed by atoms with Crippen molar-refractivity contribution in [1.29, 1.82) is 0 Å². The van der Waals surface area contributed by atoms with Crippen molar-refractivity contribution >= 4 is 34.9 Å². The molecule has 2 aromatic carbocycles. The number of nitrogens with zero attached hydrogens (tertiary/aromatic N) is 3. The van der Waals surface area contributed by atoms with E-state index >= 15 is 0 Å². The number of hydrogen-bond donors (Lipinski definition) is 2. The molecule has 25 heavy (non-hydrogen) atoms. The first-order valence-electron chi connectivity index (χ1n) is 7.50. The number of aromatic nitrogens is 3. The smallest absolute Gasteiger partial charge is 0.319 e. The first-order chi connectivity index (χ1) is 12.1. The summed E-state index contributed by atoms with van der Waals surface area (Å²) in [5.41, 5.74) is 2.64. The van der Waals surface area contributed by atoms with E-state index in [2.05, 4.69) is 20.7 Å². The number of nitrogens with one attached hydrogen (secondary N) is 2. The van der Waals surface area contributed by atoms with Gasteiger partial charge in [-0.1, -0.05) is 47.5 Å². The van der Waals surface area contributed by atoms with Crippen molar-refractivity contribution in [3.8, 4) is 0 Å². The molecule has 128 valence electrons. The molecule has 0 aliphatic carbocycles. The minimum absolute atomic E-state index is 0.319. The van der Waals surface area contributed by atoms with Gasteiger partial charge in [0.15, 0.2) is 0 Å². The summed E-state index contributed by atoms with van der Waals surface area (Å²) in [4.78, 5) is 15.9. The van der Waals surface area contributed by atoms with Crippen LogP contribution in [0.25, 0.3) is 0 Å². The summed E-state index contributed by atoms with van der Waals surface area (Å²) in [6.45, 7) is 1.03. The van der Waals surface area contributed by atoms with E-state index in [1.165, 1.54) is 6.33 Å². The highest BCUT2D eigenvalue weighted by atomic mass is 35.5. The van der Waals surface area contributed by atoms with Gasteiger partial charge in [-0.25, -0.2) is 14.5 Å². The molecule has 0 spiro atoms. The average Bonchev–Trinajstić information content (AvgIpc) is 3.10. The van der Waals surface area contributed by atoms with E-state index in [4.69, 9.17) is 23.2 Å². The predicted molar refractivity (Wildman–Crippen MR) is 97.9 cm³/mol. The van der Waals surface area contributed by atoms with E-state index in [1.54, 1.807) is 29.2 Å². The Hall–Kier alpha value is -2.57. The van der Waals surface area contributed by atoms with E-state index in [9.17, 15) is 4.79 Å². The quantitative estimate of drug-likeness (QED) is 0.708. The van der Waals surface area contributed by atoms with Gasteiger partial charge in [0.25, 0.3) is 0 Å². The summed E-state index contributed by atoms with van der Waals surface area (Å²) in [7, 11) is 0. The third-order valence-electron chi connectivity index (χ3n) is 3.43. The topological polar surface area (TPSA) is 71.8 Å². The maximum atomic E-state index is 12.0. The normalized spacial score (nSPS) is 10.5. The molecule has 1 heterocycles. The number of anilines is 1. The highest BCUT2D eigenvalue weighted by Crippen LogP contribution is 2.24. The summed E-state index contributed by atoms with van der Waals surface area (Å²) >= 11 is 11.8. The maximum Gasteiger partial charge on any atom is 0.319 e. The number of carbonyl (C=O) groups is 1. The lowest BCUT2D eigenvalue weighted by Gasteiger charge is -2.09. The predicted octanol–water partition coefficient (Wildman–Crippen LogP) is 3.95. The average molecular weight is 376 g/mol. The Labute approximate surface area is 154 Å². The molecule has 8 heteroatoms. The molecule has 0 saturated heterocycles. The van der Waals surface area contributed by atoms with Crippen molar-refractivity contribution in [2.24, 2.45) is 0 Å². The van der Waals surface area contributed by atoms with Crippen LogP contribution in [0, 0.1) is 0 Å². The lowest BCUT2D eigenvalue weighted by molar-refractivity contribution is 0.251. The van der Waals surface area contributed by atoms with Gasteiger partial charge in [-0.05, 0) is 29.3 Å². The number of amides is 2. The van der Waals surface area contributed by atoms with E-state index in [-0.39, 0.29) is 6.03 Å². The summed E-state index contributed by atoms with van der Waals surface area (Å²) in [6.07, 6.45) is 3.16. The Morgan fingerprint density at radius 1 is 1.08 bits per heavy atom. The molecule has 1 aromatic heterocycles. The van der Waals surface area contributed by atoms with E-state index < -0.39 is 0 Å². The van der Waals surface area contributed by atoms with Gasteiger partial charge in [0.2, 0.25) is 0 Å². The molecule has 2 amide bonds. The second-order valence-corrected chi connectivity index (χ2v) is 6.16. The zero-order chi connectivity index (χ0) is 17.6. The lowest BCUT2D eigenvalue weighted by Crippen LogP contribution is -2.28. The van der Waals surface area contributed by atoms with Crippen molar-refractivity contribution in [1.82, 2.24) is 20.1 Å². The van der Waals surface area contributed by atoms with Gasteiger partial charge in [0.05, 0.1) is 16.6 Å². The van der Waals surface area contributed by atoms with E-state index in [0.717, 1.165) is 11.1 Å². The SMILES string of the molecule is O=C(NCc1cccc(Cn2cncn2)c1)Nc1ccc(Cl)c(Cl)c1. The lowest BCUT2D eigenvalue weighted by atomic mass is 10.1. The van der Waals surface area contributed by atoms with Gasteiger partial charge >= 0.3 is 6.03 Å². The Balaban J connectivity index is 1.55. The fourth-order valence-corrected chi connectivity index (χ4v) is 2.57. The zero-order valence-corrected chi connectivity index (χ0v) is 14.6. The number of halogens is 2. The Morgan fingerprint density at radius 3 is 2.68 bits per heavy atom. The molecule has 0 unspecified atom stereocenters. The largest absolute Gasteiger partial charge is 0.334 e. The van der Waals surface area contributed by atoms with Crippen molar-refractivity contribution in [3.05, 3.63) is 76.3 Å². The maximum absolute atomic E-state index is 12.0. The van der Waals surface area contributed by atoms with Gasteiger partial charge in [-0.15, -0.1) is 0 Å². The highest BCUT2D eigenvalue weighted by molar-refractivity contribution is 6.42. The van der Waals surface area contributed by atoms with Gasteiger partial charge in [0.1, 0.15) is 12.7 Å². The molecule has 0 fully saturated rings. The van der Waals surface area contributed by atoms with Crippen LogP contribution < -0.4 is 10.6 Å². The number of rotatable bonds is 5. The van der Waals surface area contributed by atoms with Crippen molar-refractivity contribution < 1.29 is 4.79 Å². The molecule has 0 aliphatic rings. The van der Waals surface area contributed by atoms with Crippen LogP contribution in [0.1, 0.15) is 11.1 Å². The van der Waals surface area contributed by atoms with Crippen LogP contribution in [0.15, 0.2) is 55.1 Å². The minimum atomic E-state index is -0.319. The van der Waals surface area contributed by atoms with Crippen LogP contribution in [-0.2, 0) is 13.1 Å². The number of benzene rings is 2. The number of carbonyl (C=O) groups excluding carboxylic acids is 1. The fraction of sp³-hybridized carbons (Fsp3) is 0.118.